The van der Waals surface area contributed by atoms with E-state index in [0.717, 1.165) is 35.9 Å². The topological polar surface area (TPSA) is 74.3 Å². The molecular weight excluding hydrogens is 316 g/mol. The Bertz CT molecular complexity index is 831. The van der Waals surface area contributed by atoms with Gasteiger partial charge in [0, 0.05) is 43.1 Å². The summed E-state index contributed by atoms with van der Waals surface area (Å²) < 4.78 is 0. The van der Waals surface area contributed by atoms with E-state index < -0.39 is 0 Å². The summed E-state index contributed by atoms with van der Waals surface area (Å²) in [5, 5.41) is 6.80. The molecule has 0 bridgehead atoms. The highest BCUT2D eigenvalue weighted by molar-refractivity contribution is 6.00. The molecule has 1 aliphatic heterocycles. The number of hydrogen-bond acceptors (Lipinski definition) is 3. The molecule has 2 heterocycles. The van der Waals surface area contributed by atoms with Crippen LogP contribution in [0, 0.1) is 12.8 Å². The Hall–Kier alpha value is -2.63. The molecular formula is C19H22N4O2. The van der Waals surface area contributed by atoms with Gasteiger partial charge in [-0.2, -0.15) is 0 Å². The SMILES string of the molecule is Cc1cc(NC(=O)NCC2CC(=O)N(C3CC3)C2)c2ncccc2c1. The Kier molecular flexibility index (Phi) is 4.03. The number of carbonyl (C=O) groups excluding carboxylic acids is 2. The average Bonchev–Trinajstić information content (AvgIpc) is 3.36. The van der Waals surface area contributed by atoms with E-state index in [2.05, 4.69) is 15.6 Å². The monoisotopic (exact) mass is 338 g/mol. The summed E-state index contributed by atoms with van der Waals surface area (Å²) in [6.07, 6.45) is 4.50. The highest BCUT2D eigenvalue weighted by atomic mass is 16.2. The number of rotatable bonds is 4. The van der Waals surface area contributed by atoms with Crippen LogP contribution in [0.1, 0.15) is 24.8 Å². The summed E-state index contributed by atoms with van der Waals surface area (Å²) in [7, 11) is 0. The van der Waals surface area contributed by atoms with E-state index in [1.807, 2.05) is 36.1 Å². The fourth-order valence-electron chi connectivity index (χ4n) is 3.53. The fraction of sp³-hybridized carbons (Fsp3) is 0.421. The molecule has 3 amide bonds. The van der Waals surface area contributed by atoms with Crippen molar-refractivity contribution < 1.29 is 9.59 Å². The molecule has 6 heteroatoms. The van der Waals surface area contributed by atoms with E-state index in [9.17, 15) is 9.59 Å². The molecule has 1 atom stereocenters. The summed E-state index contributed by atoms with van der Waals surface area (Å²) in [5.74, 6) is 0.426. The molecule has 1 aromatic carbocycles. The number of carbonyl (C=O) groups is 2. The molecule has 6 nitrogen and oxygen atoms in total. The molecule has 1 aliphatic carbocycles. The first kappa shape index (κ1) is 15.9. The third-order valence-electron chi connectivity index (χ3n) is 4.87. The predicted molar refractivity (Wildman–Crippen MR) is 96.3 cm³/mol. The van der Waals surface area contributed by atoms with Crippen molar-refractivity contribution in [1.82, 2.24) is 15.2 Å². The molecule has 1 saturated heterocycles. The molecule has 25 heavy (non-hydrogen) atoms. The quantitative estimate of drug-likeness (QED) is 0.900. The van der Waals surface area contributed by atoms with Gasteiger partial charge in [0.2, 0.25) is 5.91 Å². The van der Waals surface area contributed by atoms with E-state index in [-0.39, 0.29) is 17.9 Å². The maximum absolute atomic E-state index is 12.3. The van der Waals surface area contributed by atoms with Gasteiger partial charge < -0.3 is 15.5 Å². The van der Waals surface area contributed by atoms with Crippen LogP contribution in [0.2, 0.25) is 0 Å². The van der Waals surface area contributed by atoms with Gasteiger partial charge in [-0.1, -0.05) is 6.07 Å². The summed E-state index contributed by atoms with van der Waals surface area (Å²) >= 11 is 0. The van der Waals surface area contributed by atoms with Crippen LogP contribution < -0.4 is 10.6 Å². The van der Waals surface area contributed by atoms with Gasteiger partial charge in [-0.25, -0.2) is 4.79 Å². The van der Waals surface area contributed by atoms with Gasteiger partial charge in [-0.15, -0.1) is 0 Å². The van der Waals surface area contributed by atoms with Crippen LogP contribution in [-0.2, 0) is 4.79 Å². The first-order valence-corrected chi connectivity index (χ1v) is 8.80. The number of urea groups is 1. The van der Waals surface area contributed by atoms with Crippen molar-refractivity contribution in [2.45, 2.75) is 32.2 Å². The molecule has 1 saturated carbocycles. The number of nitrogens with one attached hydrogen (secondary N) is 2. The number of likely N-dealkylation sites (tertiary alicyclic amines) is 1. The normalized spacial score (nSPS) is 20.1. The van der Waals surface area contributed by atoms with Crippen LogP contribution in [0.3, 0.4) is 0 Å². The Morgan fingerprint density at radius 3 is 3.00 bits per heavy atom. The molecule has 0 spiro atoms. The zero-order valence-corrected chi connectivity index (χ0v) is 14.3. The van der Waals surface area contributed by atoms with Gasteiger partial charge in [0.15, 0.2) is 0 Å². The maximum atomic E-state index is 12.3. The van der Waals surface area contributed by atoms with Crippen LogP contribution in [0.5, 0.6) is 0 Å². The molecule has 0 radical (unpaired) electrons. The molecule has 2 aliphatic rings. The first-order valence-electron chi connectivity index (χ1n) is 8.80. The van der Waals surface area contributed by atoms with Gasteiger partial charge in [0.05, 0.1) is 11.2 Å². The Morgan fingerprint density at radius 2 is 2.20 bits per heavy atom. The van der Waals surface area contributed by atoms with E-state index >= 15 is 0 Å². The van der Waals surface area contributed by atoms with Crippen LogP contribution >= 0.6 is 0 Å². The lowest BCUT2D eigenvalue weighted by Gasteiger charge is -2.16. The van der Waals surface area contributed by atoms with Crippen molar-refractivity contribution in [3.8, 4) is 0 Å². The van der Waals surface area contributed by atoms with Crippen LogP contribution in [-0.4, -0.2) is 41.0 Å². The van der Waals surface area contributed by atoms with Gasteiger partial charge in [-0.05, 0) is 43.5 Å². The van der Waals surface area contributed by atoms with Crippen molar-refractivity contribution in [2.24, 2.45) is 5.92 Å². The van der Waals surface area contributed by atoms with Crippen LogP contribution in [0.15, 0.2) is 30.5 Å². The number of hydrogen-bond donors (Lipinski definition) is 2. The summed E-state index contributed by atoms with van der Waals surface area (Å²) in [6.45, 7) is 3.27. The first-order chi connectivity index (χ1) is 12.1. The number of aryl methyl sites for hydroxylation is 1. The highest BCUT2D eigenvalue weighted by Gasteiger charge is 2.39. The molecule has 130 valence electrons. The minimum atomic E-state index is -0.255. The number of nitrogens with zero attached hydrogens (tertiary/aromatic N) is 2. The molecule has 1 aromatic heterocycles. The number of anilines is 1. The van der Waals surface area contributed by atoms with Gasteiger partial charge in [0.25, 0.3) is 0 Å². The predicted octanol–water partition coefficient (Wildman–Crippen LogP) is 2.68. The zero-order valence-electron chi connectivity index (χ0n) is 14.3. The van der Waals surface area contributed by atoms with Crippen molar-refractivity contribution >= 4 is 28.5 Å². The van der Waals surface area contributed by atoms with Crippen molar-refractivity contribution in [3.05, 3.63) is 36.0 Å². The third kappa shape index (κ3) is 3.43. The average molecular weight is 338 g/mol. The fourth-order valence-corrected chi connectivity index (χ4v) is 3.53. The van der Waals surface area contributed by atoms with Crippen LogP contribution in [0.25, 0.3) is 10.9 Å². The lowest BCUT2D eigenvalue weighted by molar-refractivity contribution is -0.128. The summed E-state index contributed by atoms with van der Waals surface area (Å²) in [6, 6.07) is 8.03. The minimum absolute atomic E-state index is 0.200. The number of amides is 3. The second-order valence-corrected chi connectivity index (χ2v) is 7.07. The summed E-state index contributed by atoms with van der Waals surface area (Å²) in [4.78, 5) is 30.6. The van der Waals surface area contributed by atoms with E-state index in [4.69, 9.17) is 0 Å². The zero-order chi connectivity index (χ0) is 17.4. The van der Waals surface area contributed by atoms with Gasteiger partial charge >= 0.3 is 6.03 Å². The van der Waals surface area contributed by atoms with E-state index in [1.54, 1.807) is 6.20 Å². The van der Waals surface area contributed by atoms with Crippen molar-refractivity contribution in [2.75, 3.05) is 18.4 Å². The number of fused-ring (bicyclic) bond motifs is 1. The third-order valence-corrected chi connectivity index (χ3v) is 4.87. The van der Waals surface area contributed by atoms with E-state index in [1.165, 1.54) is 0 Å². The number of pyridine rings is 1. The van der Waals surface area contributed by atoms with Crippen LogP contribution in [0.4, 0.5) is 10.5 Å². The molecule has 4 rings (SSSR count). The minimum Gasteiger partial charge on any atom is -0.339 e. The van der Waals surface area contributed by atoms with Gasteiger partial charge in [-0.3, -0.25) is 9.78 Å². The second kappa shape index (κ2) is 6.35. The number of benzene rings is 1. The largest absolute Gasteiger partial charge is 0.339 e. The van der Waals surface area contributed by atoms with E-state index in [0.29, 0.717) is 24.7 Å². The smallest absolute Gasteiger partial charge is 0.319 e. The molecule has 2 fully saturated rings. The van der Waals surface area contributed by atoms with Crippen molar-refractivity contribution in [1.29, 1.82) is 0 Å². The number of aromatic nitrogens is 1. The maximum Gasteiger partial charge on any atom is 0.319 e. The molecule has 2 N–H and O–H groups in total. The molecule has 2 aromatic rings. The lowest BCUT2D eigenvalue weighted by Crippen LogP contribution is -2.34. The molecule has 1 unspecified atom stereocenters. The second-order valence-electron chi connectivity index (χ2n) is 7.07. The van der Waals surface area contributed by atoms with Crippen molar-refractivity contribution in [3.63, 3.8) is 0 Å². The Morgan fingerprint density at radius 1 is 1.36 bits per heavy atom. The summed E-state index contributed by atoms with van der Waals surface area (Å²) in [5.41, 5.74) is 2.55. The lowest BCUT2D eigenvalue weighted by atomic mass is 10.1. The highest BCUT2D eigenvalue weighted by Crippen LogP contribution is 2.32. The van der Waals surface area contributed by atoms with Gasteiger partial charge in [0.1, 0.15) is 0 Å². The Balaban J connectivity index is 1.37. The standard InChI is InChI=1S/C19H22N4O2/c1-12-7-14-3-2-6-20-18(14)16(8-12)22-19(25)21-10-13-9-17(24)23(11-13)15-4-5-15/h2-3,6-8,13,15H,4-5,9-11H2,1H3,(H2,21,22,25). The Labute approximate surface area is 146 Å².